The first-order chi connectivity index (χ1) is 12.8. The molecule has 0 aliphatic heterocycles. The summed E-state index contributed by atoms with van der Waals surface area (Å²) in [5.74, 6) is 1.06. The predicted octanol–water partition coefficient (Wildman–Crippen LogP) is 4.07. The van der Waals surface area contributed by atoms with Crippen LogP contribution in [0.25, 0.3) is 0 Å². The molecule has 0 atom stereocenters. The number of rotatable bonds is 7. The molecule has 0 aliphatic rings. The second kappa shape index (κ2) is 9.92. The third-order valence-corrected chi connectivity index (χ3v) is 3.72. The second-order valence-corrected chi connectivity index (χ2v) is 7.02. The van der Waals surface area contributed by atoms with Crippen molar-refractivity contribution in [3.05, 3.63) is 59.7 Å². The second-order valence-electron chi connectivity index (χ2n) is 6.61. The van der Waals surface area contributed by atoms with Gasteiger partial charge in [-0.3, -0.25) is 10.1 Å². The molecule has 0 aromatic heterocycles. The van der Waals surface area contributed by atoms with Crippen LogP contribution in [-0.2, 0) is 6.54 Å². The highest BCUT2D eigenvalue weighted by Gasteiger charge is 2.14. The highest BCUT2D eigenvalue weighted by Crippen LogP contribution is 2.19. The standard InChI is InChI=1S/C21H26N2O3S/c1-14(2)25-17-11-9-16(10-12-17)13-22-21(27)23-20(24)18-7-5-6-8-19(18)26-15(3)4/h5-12,14-15H,13H2,1-4H3,(H2,22,23,24,27). The molecule has 2 aromatic rings. The number of hydrogen-bond acceptors (Lipinski definition) is 4. The first-order valence-electron chi connectivity index (χ1n) is 8.95. The monoisotopic (exact) mass is 386 g/mol. The number of nitrogens with one attached hydrogen (secondary N) is 2. The van der Waals surface area contributed by atoms with E-state index in [0.717, 1.165) is 11.3 Å². The average molecular weight is 387 g/mol. The molecule has 2 rings (SSSR count). The molecule has 0 aliphatic carbocycles. The number of benzene rings is 2. The summed E-state index contributed by atoms with van der Waals surface area (Å²) < 4.78 is 11.3. The third kappa shape index (κ3) is 6.90. The smallest absolute Gasteiger partial charge is 0.261 e. The summed E-state index contributed by atoms with van der Waals surface area (Å²) in [5, 5.41) is 6.00. The van der Waals surface area contributed by atoms with E-state index in [0.29, 0.717) is 17.9 Å². The molecule has 0 bridgehead atoms. The number of thiocarbonyl (C=S) groups is 1. The van der Waals surface area contributed by atoms with Gasteiger partial charge in [0, 0.05) is 6.54 Å². The summed E-state index contributed by atoms with van der Waals surface area (Å²) in [7, 11) is 0. The predicted molar refractivity (Wildman–Crippen MR) is 111 cm³/mol. The van der Waals surface area contributed by atoms with E-state index in [-0.39, 0.29) is 23.2 Å². The first-order valence-corrected chi connectivity index (χ1v) is 9.36. The van der Waals surface area contributed by atoms with Gasteiger partial charge in [-0.2, -0.15) is 0 Å². The Morgan fingerprint density at radius 3 is 2.22 bits per heavy atom. The Hall–Kier alpha value is -2.60. The Balaban J connectivity index is 1.89. The molecule has 2 N–H and O–H groups in total. The van der Waals surface area contributed by atoms with E-state index in [1.807, 2.05) is 58.0 Å². The molecule has 0 fully saturated rings. The largest absolute Gasteiger partial charge is 0.491 e. The normalized spacial score (nSPS) is 10.6. The van der Waals surface area contributed by atoms with Crippen LogP contribution in [0.15, 0.2) is 48.5 Å². The van der Waals surface area contributed by atoms with Crippen LogP contribution >= 0.6 is 12.2 Å². The Morgan fingerprint density at radius 2 is 1.59 bits per heavy atom. The lowest BCUT2D eigenvalue weighted by Gasteiger charge is -2.15. The lowest BCUT2D eigenvalue weighted by Crippen LogP contribution is -2.39. The lowest BCUT2D eigenvalue weighted by atomic mass is 10.2. The summed E-state index contributed by atoms with van der Waals surface area (Å²) in [6.07, 6.45) is 0.117. The van der Waals surface area contributed by atoms with Crippen LogP contribution in [-0.4, -0.2) is 23.2 Å². The molecule has 5 nitrogen and oxygen atoms in total. The third-order valence-electron chi connectivity index (χ3n) is 3.47. The first kappa shape index (κ1) is 20.7. The zero-order chi connectivity index (χ0) is 19.8. The van der Waals surface area contributed by atoms with Gasteiger partial charge in [0.1, 0.15) is 11.5 Å². The Bertz CT molecular complexity index is 773. The SMILES string of the molecule is CC(C)Oc1ccc(CNC(=S)NC(=O)c2ccccc2OC(C)C)cc1. The summed E-state index contributed by atoms with van der Waals surface area (Å²) >= 11 is 5.23. The zero-order valence-electron chi connectivity index (χ0n) is 16.1. The number of hydrogen-bond donors (Lipinski definition) is 2. The van der Waals surface area contributed by atoms with Crippen molar-refractivity contribution in [2.75, 3.05) is 0 Å². The van der Waals surface area contributed by atoms with Crippen molar-refractivity contribution in [2.45, 2.75) is 46.4 Å². The number of carbonyl (C=O) groups is 1. The van der Waals surface area contributed by atoms with Crippen LogP contribution in [0.4, 0.5) is 0 Å². The number of ether oxygens (including phenoxy) is 2. The van der Waals surface area contributed by atoms with Crippen LogP contribution in [0, 0.1) is 0 Å². The maximum absolute atomic E-state index is 12.5. The Kier molecular flexibility index (Phi) is 7.61. The average Bonchev–Trinajstić information content (AvgIpc) is 2.60. The summed E-state index contributed by atoms with van der Waals surface area (Å²) in [5.41, 5.74) is 1.48. The summed E-state index contributed by atoms with van der Waals surface area (Å²) in [4.78, 5) is 12.5. The van der Waals surface area contributed by atoms with Gasteiger partial charge in [0.15, 0.2) is 5.11 Å². The van der Waals surface area contributed by atoms with E-state index in [1.165, 1.54) is 0 Å². The minimum absolute atomic E-state index is 0.0216. The number of amides is 1. The fourth-order valence-corrected chi connectivity index (χ4v) is 2.53. The summed E-state index contributed by atoms with van der Waals surface area (Å²) in [6.45, 7) is 8.31. The van der Waals surface area contributed by atoms with E-state index >= 15 is 0 Å². The number of para-hydroxylation sites is 1. The van der Waals surface area contributed by atoms with E-state index in [1.54, 1.807) is 18.2 Å². The van der Waals surface area contributed by atoms with E-state index in [4.69, 9.17) is 21.7 Å². The molecular formula is C21H26N2O3S. The van der Waals surface area contributed by atoms with Gasteiger partial charge in [-0.25, -0.2) is 0 Å². The van der Waals surface area contributed by atoms with Gasteiger partial charge in [0.2, 0.25) is 0 Å². The highest BCUT2D eigenvalue weighted by molar-refractivity contribution is 7.80. The molecule has 144 valence electrons. The molecule has 0 saturated heterocycles. The van der Waals surface area contributed by atoms with Gasteiger partial charge in [0.25, 0.3) is 5.91 Å². The van der Waals surface area contributed by atoms with Gasteiger partial charge in [0.05, 0.1) is 17.8 Å². The molecule has 2 aromatic carbocycles. The van der Waals surface area contributed by atoms with Crippen LogP contribution in [0.3, 0.4) is 0 Å². The van der Waals surface area contributed by atoms with Crippen molar-refractivity contribution in [3.63, 3.8) is 0 Å². The van der Waals surface area contributed by atoms with E-state index in [9.17, 15) is 4.79 Å². The number of carbonyl (C=O) groups excluding carboxylic acids is 1. The molecular weight excluding hydrogens is 360 g/mol. The Labute approximate surface area is 166 Å². The Morgan fingerprint density at radius 1 is 0.963 bits per heavy atom. The van der Waals surface area contributed by atoms with Gasteiger partial charge < -0.3 is 14.8 Å². The molecule has 1 amide bonds. The van der Waals surface area contributed by atoms with E-state index < -0.39 is 0 Å². The molecule has 0 unspecified atom stereocenters. The quantitative estimate of drug-likeness (QED) is 0.703. The maximum atomic E-state index is 12.5. The van der Waals surface area contributed by atoms with Crippen molar-refractivity contribution >= 4 is 23.2 Å². The van der Waals surface area contributed by atoms with E-state index in [2.05, 4.69) is 10.6 Å². The fraction of sp³-hybridized carbons (Fsp3) is 0.333. The van der Waals surface area contributed by atoms with Crippen molar-refractivity contribution in [3.8, 4) is 11.5 Å². The zero-order valence-corrected chi connectivity index (χ0v) is 16.9. The highest BCUT2D eigenvalue weighted by atomic mass is 32.1. The summed E-state index contributed by atoms with van der Waals surface area (Å²) in [6, 6.07) is 14.9. The minimum Gasteiger partial charge on any atom is -0.491 e. The maximum Gasteiger partial charge on any atom is 0.261 e. The van der Waals surface area contributed by atoms with Gasteiger partial charge in [-0.05, 0) is 69.7 Å². The van der Waals surface area contributed by atoms with Crippen molar-refractivity contribution in [2.24, 2.45) is 0 Å². The molecule has 27 heavy (non-hydrogen) atoms. The van der Waals surface area contributed by atoms with Crippen LogP contribution in [0.5, 0.6) is 11.5 Å². The van der Waals surface area contributed by atoms with Crippen molar-refractivity contribution < 1.29 is 14.3 Å². The molecule has 0 heterocycles. The lowest BCUT2D eigenvalue weighted by molar-refractivity contribution is 0.0971. The topological polar surface area (TPSA) is 59.6 Å². The van der Waals surface area contributed by atoms with Crippen molar-refractivity contribution in [1.29, 1.82) is 0 Å². The van der Waals surface area contributed by atoms with Crippen LogP contribution < -0.4 is 20.1 Å². The van der Waals surface area contributed by atoms with Gasteiger partial charge in [-0.15, -0.1) is 0 Å². The van der Waals surface area contributed by atoms with Crippen LogP contribution in [0.1, 0.15) is 43.6 Å². The molecule has 6 heteroatoms. The van der Waals surface area contributed by atoms with Gasteiger partial charge >= 0.3 is 0 Å². The molecule has 0 spiro atoms. The molecule has 0 radical (unpaired) electrons. The van der Waals surface area contributed by atoms with Gasteiger partial charge in [-0.1, -0.05) is 24.3 Å². The van der Waals surface area contributed by atoms with Crippen LogP contribution in [0.2, 0.25) is 0 Å². The fourth-order valence-electron chi connectivity index (χ4n) is 2.37. The minimum atomic E-state index is -0.301. The molecule has 0 saturated carbocycles. The van der Waals surface area contributed by atoms with Crippen molar-refractivity contribution in [1.82, 2.24) is 10.6 Å².